The molecule has 0 atom stereocenters. The summed E-state index contributed by atoms with van der Waals surface area (Å²) in [5, 5.41) is 14.2. The lowest BCUT2D eigenvalue weighted by Crippen LogP contribution is -1.79. The SMILES string of the molecule is Cc1cc(C)c(-c2cc3c(C)c4sc(-c5sc(C)cc5C)cc4c(C)c3s2)s1.Cc1cc(C)c(-c2cc3c(C)c4sc(-c5sc(C)cc5C)cc4c(C)c3s2)s1.Cc1cc(C)c(-c2cc3c(C)c4sc(-c5sc(C)cc5C)cc4c(C)c3s2)s1.Cc1cc(C)c(-c2cc3c(C)c4sc(-c5sc(C)cc5C)cc4c(C)c3s2)s1.Cc1cc(C)c(-c2cc3cc4sc(-c5sc(C)cc5C)cc4cc3s2)s1. The van der Waals surface area contributed by atoms with Crippen LogP contribution in [0.15, 0.2) is 133 Å². The molecule has 0 N–H and O–H groups in total. The second-order valence-corrected chi connectivity index (χ2v) is 60.8. The predicted molar refractivity (Wildman–Crippen MR) is 652 cm³/mol. The molecule has 0 bridgehead atoms. The molecule has 0 saturated heterocycles. The molecular formula is C118H106S20. The van der Waals surface area contributed by atoms with Crippen molar-refractivity contribution in [1.29, 1.82) is 0 Å². The molecule has 20 aromatic heterocycles. The number of hydrogen-bond donors (Lipinski definition) is 0. The molecule has 25 aromatic rings. The van der Waals surface area contributed by atoms with Crippen molar-refractivity contribution in [2.75, 3.05) is 0 Å². The Kier molecular flexibility index (Phi) is 26.5. The van der Waals surface area contributed by atoms with Crippen LogP contribution < -0.4 is 0 Å². The van der Waals surface area contributed by atoms with Crippen molar-refractivity contribution >= 4 is 328 Å². The summed E-state index contributed by atoms with van der Waals surface area (Å²) < 4.78 is 14.4. The molecule has 0 unspecified atom stereocenters. The van der Waals surface area contributed by atoms with Gasteiger partial charge in [0.15, 0.2) is 0 Å². The van der Waals surface area contributed by atoms with E-state index in [0.717, 1.165) is 0 Å². The molecule has 0 saturated carbocycles. The molecule has 0 nitrogen and oxygen atoms in total. The third-order valence-corrected chi connectivity index (χ3v) is 52.2. The van der Waals surface area contributed by atoms with Crippen LogP contribution in [0.3, 0.4) is 0 Å². The molecule has 0 aliphatic heterocycles. The van der Waals surface area contributed by atoms with E-state index in [1.807, 2.05) is 227 Å². The molecule has 0 spiro atoms. The van der Waals surface area contributed by atoms with Gasteiger partial charge in [-0.25, -0.2) is 0 Å². The topological polar surface area (TPSA) is 0 Å². The van der Waals surface area contributed by atoms with Crippen LogP contribution in [0, 0.1) is 194 Å². The minimum absolute atomic E-state index is 1.37. The first kappa shape index (κ1) is 96.8. The Morgan fingerprint density at radius 1 is 0.116 bits per heavy atom. The summed E-state index contributed by atoms with van der Waals surface area (Å²) in [6.07, 6.45) is 0. The first-order valence-electron chi connectivity index (χ1n) is 46.4. The molecule has 0 radical (unpaired) electrons. The molecule has 698 valence electrons. The predicted octanol–water partition coefficient (Wildman–Crippen LogP) is 46.5. The Bertz CT molecular complexity index is 7550. The van der Waals surface area contributed by atoms with Crippen molar-refractivity contribution in [2.45, 2.75) is 194 Å². The van der Waals surface area contributed by atoms with Crippen molar-refractivity contribution < 1.29 is 0 Å². The van der Waals surface area contributed by atoms with Crippen LogP contribution in [0.2, 0.25) is 0 Å². The Morgan fingerprint density at radius 3 is 0.341 bits per heavy atom. The summed E-state index contributed by atoms with van der Waals surface area (Å²) in [6, 6.07) is 52.0. The van der Waals surface area contributed by atoms with Crippen molar-refractivity contribution in [1.82, 2.24) is 0 Å². The molecule has 20 heteroatoms. The van der Waals surface area contributed by atoms with E-state index in [-0.39, 0.29) is 0 Å². The van der Waals surface area contributed by atoms with E-state index in [0.29, 0.717) is 0 Å². The van der Waals surface area contributed by atoms with Crippen LogP contribution in [0.25, 0.3) is 198 Å². The Hall–Kier alpha value is -7.30. The lowest BCUT2D eigenvalue weighted by Gasteiger charge is -2.03. The molecule has 138 heavy (non-hydrogen) atoms. The Labute approximate surface area is 890 Å². The van der Waals surface area contributed by atoms with Crippen LogP contribution in [0.5, 0.6) is 0 Å². The fourth-order valence-electron chi connectivity index (χ4n) is 20.1. The fraction of sp³-hybridized carbons (Fsp3) is 0.237. The van der Waals surface area contributed by atoms with E-state index in [2.05, 4.69) is 327 Å². The zero-order valence-electron chi connectivity index (χ0n) is 82.9. The Morgan fingerprint density at radius 2 is 0.232 bits per heavy atom. The molecular weight excluding hydrogens is 2060 g/mol. The quantitative estimate of drug-likeness (QED) is 0.128. The molecule has 0 aliphatic rings. The van der Waals surface area contributed by atoms with Gasteiger partial charge in [-0.2, -0.15) is 0 Å². The van der Waals surface area contributed by atoms with Crippen LogP contribution in [0.4, 0.5) is 0 Å². The van der Waals surface area contributed by atoms with E-state index < -0.39 is 0 Å². The van der Waals surface area contributed by atoms with Gasteiger partial charge in [0.25, 0.3) is 0 Å². The highest BCUT2D eigenvalue weighted by Gasteiger charge is 2.27. The largest absolute Gasteiger partial charge is 0.139 e. The van der Waals surface area contributed by atoms with Gasteiger partial charge in [-0.3, -0.25) is 0 Å². The zero-order chi connectivity index (χ0) is 97.0. The van der Waals surface area contributed by atoms with Crippen LogP contribution in [0.1, 0.15) is 149 Å². The van der Waals surface area contributed by atoms with E-state index in [9.17, 15) is 0 Å². The van der Waals surface area contributed by atoms with Gasteiger partial charge in [-0.15, -0.1) is 227 Å². The van der Waals surface area contributed by atoms with Gasteiger partial charge in [0.1, 0.15) is 0 Å². The number of benzene rings is 5. The third kappa shape index (κ3) is 17.7. The molecule has 5 aromatic carbocycles. The van der Waals surface area contributed by atoms with Gasteiger partial charge in [0.2, 0.25) is 0 Å². The van der Waals surface area contributed by atoms with Gasteiger partial charge >= 0.3 is 0 Å². The van der Waals surface area contributed by atoms with E-state index in [1.54, 1.807) is 0 Å². The second kappa shape index (κ2) is 37.7. The summed E-state index contributed by atoms with van der Waals surface area (Å²) in [6.45, 7) is 62.8. The van der Waals surface area contributed by atoms with Crippen molar-refractivity contribution in [2.24, 2.45) is 0 Å². The van der Waals surface area contributed by atoms with Crippen molar-refractivity contribution in [3.05, 3.63) is 282 Å². The number of hydrogen-bond acceptors (Lipinski definition) is 20. The van der Waals surface area contributed by atoms with Gasteiger partial charge in [-0.05, 0) is 481 Å². The summed E-state index contributed by atoms with van der Waals surface area (Å²) in [7, 11) is 0. The maximum Gasteiger partial charge on any atom is 0.0475 e. The standard InChI is InChI=1S/4C24H22S4.C22H18S4/c4*1-11-7-13(3)25-21(11)19-9-17-15(5)24-18(16(6)23(17)27-19)10-20(28-24)22-12(2)8-14(4)26-22;1-11-5-13(3)23-21(11)19-9-15-7-18-16(8-17(15)25-19)10-20(26-18)22-12(2)6-14(4)24-22/h4*7-10H,1-6H3;5-10H,1-4H3. The maximum absolute atomic E-state index is 2.43. The average Bonchev–Trinajstić information content (AvgIpc) is 1.58. The van der Waals surface area contributed by atoms with E-state index in [1.165, 1.54) is 347 Å². The molecule has 20 heterocycles. The average molecular weight is 2170 g/mol. The number of thiophene rings is 20. The second-order valence-electron chi connectivity index (χ2n) is 37.7. The van der Waals surface area contributed by atoms with Crippen LogP contribution >= 0.6 is 227 Å². The highest BCUT2D eigenvalue weighted by molar-refractivity contribution is 7.33. The van der Waals surface area contributed by atoms with Gasteiger partial charge in [-0.1, -0.05) is 0 Å². The third-order valence-electron chi connectivity index (χ3n) is 26.6. The highest BCUT2D eigenvalue weighted by atomic mass is 32.2. The van der Waals surface area contributed by atoms with Crippen molar-refractivity contribution in [3.8, 4) is 97.5 Å². The minimum atomic E-state index is 1.37. The van der Waals surface area contributed by atoms with Crippen molar-refractivity contribution in [3.63, 3.8) is 0 Å². The molecule has 25 rings (SSSR count). The lowest BCUT2D eigenvalue weighted by atomic mass is 10.0. The summed E-state index contributed by atoms with van der Waals surface area (Å²) in [5.41, 5.74) is 25.5. The van der Waals surface area contributed by atoms with Crippen LogP contribution in [-0.2, 0) is 0 Å². The van der Waals surface area contributed by atoms with E-state index >= 15 is 0 Å². The summed E-state index contributed by atoms with van der Waals surface area (Å²) >= 11 is 38.7. The van der Waals surface area contributed by atoms with Gasteiger partial charge < -0.3 is 0 Å². The molecule has 0 amide bonds. The van der Waals surface area contributed by atoms with E-state index in [4.69, 9.17) is 0 Å². The molecule has 0 aliphatic carbocycles. The number of aryl methyl sites for hydroxylation is 28. The minimum Gasteiger partial charge on any atom is -0.139 e. The maximum atomic E-state index is 2.43. The fourth-order valence-corrected chi connectivity index (χ4v) is 44.1. The number of rotatable bonds is 10. The normalized spacial score (nSPS) is 11.9. The number of fused-ring (bicyclic) bond motifs is 10. The van der Waals surface area contributed by atoms with Gasteiger partial charge in [0, 0.05) is 193 Å². The summed E-state index contributed by atoms with van der Waals surface area (Å²) in [5.74, 6) is 0. The van der Waals surface area contributed by atoms with Crippen LogP contribution in [-0.4, -0.2) is 0 Å². The first-order chi connectivity index (χ1) is 65.8. The smallest absolute Gasteiger partial charge is 0.0475 e. The monoisotopic (exact) mass is 2160 g/mol. The first-order valence-corrected chi connectivity index (χ1v) is 62.7. The lowest BCUT2D eigenvalue weighted by molar-refractivity contribution is 1.51. The zero-order valence-corrected chi connectivity index (χ0v) is 99.2. The summed E-state index contributed by atoms with van der Waals surface area (Å²) in [4.78, 5) is 42.4. The molecule has 0 fully saturated rings. The Balaban J connectivity index is 0.000000103. The van der Waals surface area contributed by atoms with Gasteiger partial charge in [0.05, 0.1) is 0 Å². The highest BCUT2D eigenvalue weighted by Crippen LogP contribution is 2.56.